The number of carbonyl (C=O) groups is 2. The van der Waals surface area contributed by atoms with Crippen molar-refractivity contribution in [3.8, 4) is 11.1 Å². The molecule has 0 aromatic heterocycles. The second-order valence-electron chi connectivity index (χ2n) is 12.7. The molecule has 3 unspecified atom stereocenters. The lowest BCUT2D eigenvalue weighted by atomic mass is 9.97. The Hall–Kier alpha value is -3.60. The molecule has 9 heteroatoms. The molecule has 0 radical (unpaired) electrons. The van der Waals surface area contributed by atoms with Crippen molar-refractivity contribution in [1.82, 2.24) is 15.7 Å². The van der Waals surface area contributed by atoms with Gasteiger partial charge in [-0.15, -0.1) is 0 Å². The average Bonchev–Trinajstić information content (AvgIpc) is 3.12. The molecule has 2 aliphatic heterocycles. The highest BCUT2D eigenvalue weighted by atomic mass is 16.7. The first-order valence-electron chi connectivity index (χ1n) is 17.1. The zero-order valence-electron chi connectivity index (χ0n) is 27.2. The topological polar surface area (TPSA) is 120 Å². The number of benzene rings is 3. The predicted molar refractivity (Wildman–Crippen MR) is 180 cm³/mol. The molecule has 3 atom stereocenters. The molecule has 252 valence electrons. The fourth-order valence-corrected chi connectivity index (χ4v) is 6.50. The molecular formula is C38H49N3O6. The average molecular weight is 644 g/mol. The first-order chi connectivity index (χ1) is 23.0. The van der Waals surface area contributed by atoms with Crippen molar-refractivity contribution >= 4 is 11.8 Å². The maximum Gasteiger partial charge on any atom is 0.243 e. The molecule has 4 N–H and O–H groups in total. The molecule has 3 aromatic rings. The van der Waals surface area contributed by atoms with Gasteiger partial charge < -0.3 is 24.8 Å². The number of likely N-dealkylation sites (tertiary alicyclic amines) is 1. The predicted octanol–water partition coefficient (Wildman–Crippen LogP) is 6.34. The number of amides is 2. The Kier molecular flexibility index (Phi) is 13.4. The molecule has 0 saturated carbocycles. The van der Waals surface area contributed by atoms with Crippen LogP contribution in [-0.4, -0.2) is 52.8 Å². The molecule has 2 saturated heterocycles. The Labute approximate surface area is 278 Å². The van der Waals surface area contributed by atoms with Crippen LogP contribution in [0, 0.1) is 0 Å². The molecule has 0 aliphatic carbocycles. The van der Waals surface area contributed by atoms with Crippen LogP contribution < -0.4 is 10.8 Å². The summed E-state index contributed by atoms with van der Waals surface area (Å²) in [4.78, 5) is 26.2. The molecular weight excluding hydrogens is 594 g/mol. The number of aliphatic hydroxyl groups is 1. The minimum Gasteiger partial charge on any atom is -0.392 e. The molecule has 2 aliphatic rings. The van der Waals surface area contributed by atoms with Gasteiger partial charge in [0.25, 0.3) is 0 Å². The Morgan fingerprint density at radius 1 is 0.787 bits per heavy atom. The summed E-state index contributed by atoms with van der Waals surface area (Å²) in [5.74, 6) is -0.367. The van der Waals surface area contributed by atoms with Gasteiger partial charge in [-0.1, -0.05) is 92.1 Å². The van der Waals surface area contributed by atoms with Gasteiger partial charge in [-0.05, 0) is 66.6 Å². The summed E-state index contributed by atoms with van der Waals surface area (Å²) in [6.07, 6.45) is 7.89. The zero-order chi connectivity index (χ0) is 32.8. The number of hydrogen-bond donors (Lipinski definition) is 4. The number of unbranched alkanes of at least 4 members (excludes halogenated alkanes) is 3. The van der Waals surface area contributed by atoms with E-state index in [0.29, 0.717) is 25.8 Å². The number of nitrogens with zero attached hydrogens (tertiary/aromatic N) is 1. The maximum absolute atomic E-state index is 12.5. The van der Waals surface area contributed by atoms with Gasteiger partial charge in [-0.25, -0.2) is 5.48 Å². The van der Waals surface area contributed by atoms with Crippen LogP contribution in [0.3, 0.4) is 0 Å². The number of hydroxylamine groups is 1. The summed E-state index contributed by atoms with van der Waals surface area (Å²) in [7, 11) is 0. The van der Waals surface area contributed by atoms with E-state index in [1.807, 2.05) is 30.3 Å². The van der Waals surface area contributed by atoms with Crippen molar-refractivity contribution in [2.45, 2.75) is 95.9 Å². The number of carbonyl (C=O) groups excluding carboxylic acids is 2. The number of aliphatic hydroxyl groups excluding tert-OH is 1. The summed E-state index contributed by atoms with van der Waals surface area (Å²) in [6.45, 7) is 3.59. The van der Waals surface area contributed by atoms with Crippen LogP contribution in [0.1, 0.15) is 98.9 Å². The van der Waals surface area contributed by atoms with Crippen molar-refractivity contribution in [2.24, 2.45) is 0 Å². The fourth-order valence-electron chi connectivity index (χ4n) is 6.50. The van der Waals surface area contributed by atoms with Crippen molar-refractivity contribution in [3.63, 3.8) is 0 Å². The minimum absolute atomic E-state index is 0.00881. The van der Waals surface area contributed by atoms with Gasteiger partial charge in [-0.2, -0.15) is 0 Å². The lowest BCUT2D eigenvalue weighted by molar-refractivity contribution is -0.253. The van der Waals surface area contributed by atoms with Crippen LogP contribution in [0.15, 0.2) is 72.8 Å². The number of nitrogens with one attached hydrogen (secondary N) is 2. The highest BCUT2D eigenvalue weighted by Gasteiger charge is 2.33. The van der Waals surface area contributed by atoms with Crippen LogP contribution in [0.4, 0.5) is 0 Å². The lowest BCUT2D eigenvalue weighted by Gasteiger charge is -2.39. The van der Waals surface area contributed by atoms with Crippen molar-refractivity contribution in [1.29, 1.82) is 0 Å². The van der Waals surface area contributed by atoms with Gasteiger partial charge in [0.05, 0.1) is 18.8 Å². The molecule has 47 heavy (non-hydrogen) atoms. The second kappa shape index (κ2) is 18.1. The molecule has 3 aromatic carbocycles. The van der Waals surface area contributed by atoms with E-state index in [1.54, 1.807) is 5.48 Å². The quantitative estimate of drug-likeness (QED) is 0.0867. The molecule has 2 amide bonds. The van der Waals surface area contributed by atoms with Crippen LogP contribution in [0.2, 0.25) is 0 Å². The number of hydrogen-bond acceptors (Lipinski definition) is 7. The standard InChI is InChI=1S/C38H49N3O6/c42-27-28-14-16-30(17-15-28)35-24-33(26-41-22-8-3-9-23-41)46-38(47-35)31-20-18-29(19-21-31)34-11-7-6-10-32(34)25-39-36(43)12-4-1-2-5-13-37(44)40-45/h6-7,10-11,14-21,33,35,38,42,45H,1-5,8-9,12-13,22-27H2,(H,39,43)(H,40,44). The zero-order valence-corrected chi connectivity index (χ0v) is 27.2. The van der Waals surface area contributed by atoms with Gasteiger partial charge in [-0.3, -0.25) is 14.8 Å². The fraction of sp³-hybridized carbons (Fsp3) is 0.474. The van der Waals surface area contributed by atoms with Crippen LogP contribution in [0.5, 0.6) is 0 Å². The van der Waals surface area contributed by atoms with E-state index in [1.165, 1.54) is 19.3 Å². The van der Waals surface area contributed by atoms with Crippen LogP contribution in [0.25, 0.3) is 11.1 Å². The smallest absolute Gasteiger partial charge is 0.243 e. The molecule has 5 rings (SSSR count). The first-order valence-corrected chi connectivity index (χ1v) is 17.1. The summed E-state index contributed by atoms with van der Waals surface area (Å²) >= 11 is 0. The van der Waals surface area contributed by atoms with Crippen molar-refractivity contribution in [2.75, 3.05) is 19.6 Å². The molecule has 2 fully saturated rings. The van der Waals surface area contributed by atoms with E-state index in [4.69, 9.17) is 14.7 Å². The van der Waals surface area contributed by atoms with Crippen LogP contribution >= 0.6 is 0 Å². The van der Waals surface area contributed by atoms with E-state index in [9.17, 15) is 14.7 Å². The molecule has 0 spiro atoms. The summed E-state index contributed by atoms with van der Waals surface area (Å²) in [5.41, 5.74) is 7.76. The SMILES string of the molecule is O=C(CCCCCCC(=O)NCc1ccccc1-c1ccc(C2OC(CN3CCCCC3)CC(c3ccc(CO)cc3)O2)cc1)NO. The summed E-state index contributed by atoms with van der Waals surface area (Å²) in [6, 6.07) is 24.5. The third-order valence-corrected chi connectivity index (χ3v) is 9.20. The van der Waals surface area contributed by atoms with Gasteiger partial charge in [0, 0.05) is 37.9 Å². The molecule has 9 nitrogen and oxygen atoms in total. The van der Waals surface area contributed by atoms with E-state index in [0.717, 1.165) is 78.7 Å². The third-order valence-electron chi connectivity index (χ3n) is 9.20. The largest absolute Gasteiger partial charge is 0.392 e. The maximum atomic E-state index is 12.5. The lowest BCUT2D eigenvalue weighted by Crippen LogP contribution is -2.41. The van der Waals surface area contributed by atoms with E-state index in [2.05, 4.69) is 52.7 Å². The van der Waals surface area contributed by atoms with Crippen molar-refractivity contribution < 1.29 is 29.4 Å². The number of rotatable bonds is 15. The van der Waals surface area contributed by atoms with Gasteiger partial charge in [0.1, 0.15) is 0 Å². The monoisotopic (exact) mass is 643 g/mol. The van der Waals surface area contributed by atoms with Gasteiger partial charge in [0.2, 0.25) is 11.8 Å². The minimum atomic E-state index is -0.489. The Morgan fingerprint density at radius 3 is 2.17 bits per heavy atom. The second-order valence-corrected chi connectivity index (χ2v) is 12.7. The Bertz CT molecular complexity index is 1410. The number of piperidine rings is 1. The summed E-state index contributed by atoms with van der Waals surface area (Å²) < 4.78 is 13.2. The van der Waals surface area contributed by atoms with Gasteiger partial charge >= 0.3 is 0 Å². The molecule has 0 bridgehead atoms. The number of ether oxygens (including phenoxy) is 2. The third kappa shape index (κ3) is 10.4. The normalized spacial score (nSPS) is 20.1. The van der Waals surface area contributed by atoms with E-state index in [-0.39, 0.29) is 30.6 Å². The molecule has 2 heterocycles. The van der Waals surface area contributed by atoms with Crippen molar-refractivity contribution in [3.05, 3.63) is 95.1 Å². The highest BCUT2D eigenvalue weighted by Crippen LogP contribution is 2.39. The Morgan fingerprint density at radius 2 is 1.47 bits per heavy atom. The van der Waals surface area contributed by atoms with Crippen LogP contribution in [-0.2, 0) is 32.2 Å². The van der Waals surface area contributed by atoms with E-state index < -0.39 is 6.29 Å². The first kappa shape index (κ1) is 34.7. The van der Waals surface area contributed by atoms with Gasteiger partial charge in [0.15, 0.2) is 6.29 Å². The Balaban J connectivity index is 1.20. The summed E-state index contributed by atoms with van der Waals surface area (Å²) in [5, 5.41) is 21.1. The van der Waals surface area contributed by atoms with E-state index >= 15 is 0 Å². The highest BCUT2D eigenvalue weighted by molar-refractivity contribution is 5.76.